The summed E-state index contributed by atoms with van der Waals surface area (Å²) in [5.74, 6) is -1.06. The predicted molar refractivity (Wildman–Crippen MR) is 76.4 cm³/mol. The monoisotopic (exact) mass is 343 g/mol. The second-order valence-electron chi connectivity index (χ2n) is 5.04. The molecule has 1 fully saturated rings. The van der Waals surface area contributed by atoms with E-state index in [9.17, 15) is 21.6 Å². The molecule has 0 spiro atoms. The fraction of sp³-hybridized carbons (Fsp3) is 0.900. The van der Waals surface area contributed by atoms with E-state index >= 15 is 0 Å². The molecule has 0 aliphatic carbocycles. The van der Waals surface area contributed by atoms with Crippen molar-refractivity contribution in [2.45, 2.75) is 25.3 Å². The van der Waals surface area contributed by atoms with Crippen LogP contribution in [0.25, 0.3) is 0 Å². The maximum absolute atomic E-state index is 12.2. The molecule has 11 heteroatoms. The molecule has 2 N–H and O–H groups in total. The van der Waals surface area contributed by atoms with Gasteiger partial charge in [-0.2, -0.15) is 17.0 Å². The summed E-state index contributed by atoms with van der Waals surface area (Å²) in [6.45, 7) is 0.305. The number of carboxylic acids is 1. The Morgan fingerprint density at radius 1 is 1.29 bits per heavy atom. The quantitative estimate of drug-likeness (QED) is 0.589. The molecule has 0 aromatic carbocycles. The number of rotatable bonds is 7. The van der Waals surface area contributed by atoms with Crippen LogP contribution in [0.1, 0.15) is 19.3 Å². The van der Waals surface area contributed by atoms with Crippen molar-refractivity contribution < 1.29 is 26.7 Å². The number of aliphatic carboxylic acids is 1. The zero-order valence-electron chi connectivity index (χ0n) is 12.0. The molecule has 0 bridgehead atoms. The molecule has 1 rings (SSSR count). The fourth-order valence-corrected chi connectivity index (χ4v) is 4.30. The lowest BCUT2D eigenvalue weighted by molar-refractivity contribution is -0.137. The largest absolute Gasteiger partial charge is 0.481 e. The molecule has 1 saturated heterocycles. The molecule has 0 atom stereocenters. The van der Waals surface area contributed by atoms with Crippen LogP contribution in [0.5, 0.6) is 0 Å². The molecule has 0 amide bonds. The van der Waals surface area contributed by atoms with Crippen LogP contribution >= 0.6 is 0 Å². The Bertz CT molecular complexity index is 566. The lowest BCUT2D eigenvalue weighted by Crippen LogP contribution is -2.50. The van der Waals surface area contributed by atoms with Gasteiger partial charge in [-0.3, -0.25) is 4.79 Å². The topological polar surface area (TPSA) is 124 Å². The van der Waals surface area contributed by atoms with Crippen molar-refractivity contribution in [2.24, 2.45) is 0 Å². The van der Waals surface area contributed by atoms with E-state index in [1.807, 2.05) is 0 Å². The Labute approximate surface area is 125 Å². The first-order valence-electron chi connectivity index (χ1n) is 6.43. The number of hydrogen-bond acceptors (Lipinski definition) is 5. The van der Waals surface area contributed by atoms with E-state index in [0.29, 0.717) is 12.8 Å². The van der Waals surface area contributed by atoms with Crippen LogP contribution < -0.4 is 4.72 Å². The number of sulfonamides is 1. The third-order valence-electron chi connectivity index (χ3n) is 3.20. The number of nitrogens with zero attached hydrogens (tertiary/aromatic N) is 2. The number of carbonyl (C=O) groups is 1. The van der Waals surface area contributed by atoms with Gasteiger partial charge in [0.1, 0.15) is 0 Å². The molecule has 0 radical (unpaired) electrons. The van der Waals surface area contributed by atoms with E-state index in [-0.39, 0.29) is 32.1 Å². The van der Waals surface area contributed by atoms with E-state index in [4.69, 9.17) is 5.11 Å². The molecule has 9 nitrogen and oxygen atoms in total. The average molecular weight is 343 g/mol. The first kappa shape index (κ1) is 18.3. The minimum atomic E-state index is -3.70. The van der Waals surface area contributed by atoms with Gasteiger partial charge in [0.25, 0.3) is 10.2 Å². The molecule has 1 aliphatic heterocycles. The Hall–Kier alpha value is -0.750. The molecule has 21 heavy (non-hydrogen) atoms. The third kappa shape index (κ3) is 5.87. The third-order valence-corrected chi connectivity index (χ3v) is 5.94. The van der Waals surface area contributed by atoms with E-state index in [2.05, 4.69) is 4.72 Å². The van der Waals surface area contributed by atoms with Gasteiger partial charge >= 0.3 is 5.97 Å². The summed E-state index contributed by atoms with van der Waals surface area (Å²) in [4.78, 5) is 10.5. The van der Waals surface area contributed by atoms with Gasteiger partial charge in [-0.1, -0.05) is 0 Å². The van der Waals surface area contributed by atoms with Gasteiger partial charge in [-0.25, -0.2) is 13.1 Å². The number of carboxylic acid groups (broad SMARTS) is 1. The number of piperidine rings is 1. The van der Waals surface area contributed by atoms with Crippen molar-refractivity contribution in [1.29, 1.82) is 0 Å². The van der Waals surface area contributed by atoms with Gasteiger partial charge in [0.05, 0.1) is 12.7 Å². The summed E-state index contributed by atoms with van der Waals surface area (Å²) in [6.07, 6.45) is 1.58. The van der Waals surface area contributed by atoms with Gasteiger partial charge in [0.2, 0.25) is 10.0 Å². The molecule has 0 unspecified atom stereocenters. The first-order chi connectivity index (χ1) is 9.52. The lowest BCUT2D eigenvalue weighted by Gasteiger charge is -2.33. The Balaban J connectivity index is 2.57. The fourth-order valence-electron chi connectivity index (χ4n) is 2.07. The summed E-state index contributed by atoms with van der Waals surface area (Å²) in [6, 6.07) is -0.268. The molecule has 1 aliphatic rings. The van der Waals surface area contributed by atoms with E-state index in [1.165, 1.54) is 11.4 Å². The van der Waals surface area contributed by atoms with E-state index in [0.717, 1.165) is 10.6 Å². The minimum absolute atomic E-state index is 0.0980. The number of nitrogens with one attached hydrogen (secondary N) is 1. The molecule has 1 heterocycles. The summed E-state index contributed by atoms with van der Waals surface area (Å²) in [7, 11) is -5.67. The SMILES string of the molecule is CN(CCC(=O)O)S(=O)(=O)N1CCC(NS(C)(=O)=O)CC1. The zero-order valence-corrected chi connectivity index (χ0v) is 13.7. The smallest absolute Gasteiger partial charge is 0.304 e. The van der Waals surface area contributed by atoms with Crippen LogP contribution in [0.4, 0.5) is 0 Å². The highest BCUT2D eigenvalue weighted by atomic mass is 32.2. The van der Waals surface area contributed by atoms with Crippen LogP contribution in [0.15, 0.2) is 0 Å². The summed E-state index contributed by atoms with van der Waals surface area (Å²) in [5, 5.41) is 8.58. The van der Waals surface area contributed by atoms with Crippen LogP contribution in [0.2, 0.25) is 0 Å². The van der Waals surface area contributed by atoms with Gasteiger partial charge in [0.15, 0.2) is 0 Å². The summed E-state index contributed by atoms with van der Waals surface area (Å²) < 4.78 is 51.4. The Kier molecular flexibility index (Phi) is 6.11. The van der Waals surface area contributed by atoms with Crippen molar-refractivity contribution in [2.75, 3.05) is 32.9 Å². The van der Waals surface area contributed by atoms with Crippen molar-refractivity contribution in [3.63, 3.8) is 0 Å². The van der Waals surface area contributed by atoms with Gasteiger partial charge < -0.3 is 5.11 Å². The normalized spacial score (nSPS) is 19.0. The summed E-state index contributed by atoms with van der Waals surface area (Å²) >= 11 is 0. The molecule has 0 saturated carbocycles. The van der Waals surface area contributed by atoms with Gasteiger partial charge in [0, 0.05) is 32.7 Å². The van der Waals surface area contributed by atoms with Gasteiger partial charge in [-0.05, 0) is 12.8 Å². The Morgan fingerprint density at radius 3 is 2.24 bits per heavy atom. The Morgan fingerprint density at radius 2 is 1.81 bits per heavy atom. The molecular formula is C10H21N3O6S2. The lowest BCUT2D eigenvalue weighted by atomic mass is 10.1. The maximum Gasteiger partial charge on any atom is 0.304 e. The molecule has 124 valence electrons. The van der Waals surface area contributed by atoms with Crippen LogP contribution in [0.3, 0.4) is 0 Å². The van der Waals surface area contributed by atoms with E-state index in [1.54, 1.807) is 0 Å². The van der Waals surface area contributed by atoms with Crippen LogP contribution in [-0.4, -0.2) is 75.5 Å². The highest BCUT2D eigenvalue weighted by molar-refractivity contribution is 7.88. The zero-order chi connectivity index (χ0) is 16.3. The van der Waals surface area contributed by atoms with Crippen molar-refractivity contribution in [3.05, 3.63) is 0 Å². The second kappa shape index (κ2) is 7.01. The van der Waals surface area contributed by atoms with Crippen molar-refractivity contribution in [3.8, 4) is 0 Å². The average Bonchev–Trinajstić information content (AvgIpc) is 2.34. The van der Waals surface area contributed by atoms with Gasteiger partial charge in [-0.15, -0.1) is 0 Å². The highest BCUT2D eigenvalue weighted by Gasteiger charge is 2.31. The van der Waals surface area contributed by atoms with E-state index < -0.39 is 26.2 Å². The summed E-state index contributed by atoms with van der Waals surface area (Å²) in [5.41, 5.74) is 0. The van der Waals surface area contributed by atoms with Crippen LogP contribution in [-0.2, 0) is 25.0 Å². The molecule has 0 aromatic rings. The predicted octanol–water partition coefficient (Wildman–Crippen LogP) is -1.35. The second-order valence-corrected chi connectivity index (χ2v) is 8.85. The molecule has 0 aromatic heterocycles. The highest BCUT2D eigenvalue weighted by Crippen LogP contribution is 2.16. The first-order valence-corrected chi connectivity index (χ1v) is 9.71. The minimum Gasteiger partial charge on any atom is -0.481 e. The van der Waals surface area contributed by atoms with Crippen LogP contribution in [0, 0.1) is 0 Å². The maximum atomic E-state index is 12.2. The molecular weight excluding hydrogens is 322 g/mol. The number of hydrogen-bond donors (Lipinski definition) is 2. The van der Waals surface area contributed by atoms with Crippen molar-refractivity contribution in [1.82, 2.24) is 13.3 Å². The standard InChI is InChI=1S/C10H21N3O6S2/c1-12(6-5-10(14)15)21(18,19)13-7-3-9(4-8-13)11-20(2,16)17/h9,11H,3-8H2,1-2H3,(H,14,15). The van der Waals surface area contributed by atoms with Crippen molar-refractivity contribution >= 4 is 26.2 Å².